The summed E-state index contributed by atoms with van der Waals surface area (Å²) in [7, 11) is 1.35. The lowest BCUT2D eigenvalue weighted by atomic mass is 10.3. The van der Waals surface area contributed by atoms with Crippen LogP contribution in [0.25, 0.3) is 0 Å². The van der Waals surface area contributed by atoms with Crippen LogP contribution in [0.4, 0.5) is 0 Å². The number of methoxy groups -OCH3 is 1. The molecule has 16 heavy (non-hydrogen) atoms. The fourth-order valence-electron chi connectivity index (χ4n) is 1.61. The van der Waals surface area contributed by atoms with Gasteiger partial charge in [0.05, 0.1) is 13.7 Å². The standard InChI is InChI=1S/C12H17NO3/c1-15-12(14)11-5-4-10(16-11)8-13-7-6-9-2-3-9/h4-5,9,13H,2-3,6-8H2,1H3. The van der Waals surface area contributed by atoms with E-state index in [4.69, 9.17) is 4.42 Å². The molecule has 4 heteroatoms. The zero-order chi connectivity index (χ0) is 11.4. The molecule has 2 rings (SSSR count). The van der Waals surface area contributed by atoms with Gasteiger partial charge in [-0.1, -0.05) is 12.8 Å². The maximum atomic E-state index is 11.1. The van der Waals surface area contributed by atoms with Gasteiger partial charge < -0.3 is 14.5 Å². The highest BCUT2D eigenvalue weighted by atomic mass is 16.5. The molecule has 0 aromatic carbocycles. The molecule has 0 aliphatic heterocycles. The van der Waals surface area contributed by atoms with E-state index >= 15 is 0 Å². The summed E-state index contributed by atoms with van der Waals surface area (Å²) >= 11 is 0. The van der Waals surface area contributed by atoms with Crippen molar-refractivity contribution in [3.05, 3.63) is 23.7 Å². The lowest BCUT2D eigenvalue weighted by Crippen LogP contribution is -2.14. The maximum Gasteiger partial charge on any atom is 0.373 e. The Morgan fingerprint density at radius 3 is 3.06 bits per heavy atom. The van der Waals surface area contributed by atoms with Crippen molar-refractivity contribution >= 4 is 5.97 Å². The van der Waals surface area contributed by atoms with E-state index in [0.29, 0.717) is 6.54 Å². The summed E-state index contributed by atoms with van der Waals surface area (Å²) in [5.74, 6) is 1.55. The molecule has 1 aliphatic rings. The second-order valence-electron chi connectivity index (χ2n) is 4.17. The molecule has 4 nitrogen and oxygen atoms in total. The summed E-state index contributed by atoms with van der Waals surface area (Å²) in [6.45, 7) is 1.68. The van der Waals surface area contributed by atoms with Gasteiger partial charge >= 0.3 is 5.97 Å². The Morgan fingerprint density at radius 2 is 2.38 bits per heavy atom. The first kappa shape index (κ1) is 11.2. The molecule has 0 unspecified atom stereocenters. The molecule has 0 saturated heterocycles. The Kier molecular flexibility index (Phi) is 3.62. The first-order valence-corrected chi connectivity index (χ1v) is 5.67. The van der Waals surface area contributed by atoms with Crippen LogP contribution in [0.2, 0.25) is 0 Å². The number of esters is 1. The summed E-state index contributed by atoms with van der Waals surface area (Å²) in [4.78, 5) is 11.1. The molecule has 88 valence electrons. The monoisotopic (exact) mass is 223 g/mol. The molecule has 0 bridgehead atoms. The third kappa shape index (κ3) is 3.10. The van der Waals surface area contributed by atoms with E-state index in [0.717, 1.165) is 18.2 Å². The Hall–Kier alpha value is -1.29. The third-order valence-electron chi connectivity index (χ3n) is 2.77. The fraction of sp³-hybridized carbons (Fsp3) is 0.583. The predicted octanol–water partition coefficient (Wildman–Crippen LogP) is 1.96. The van der Waals surface area contributed by atoms with Gasteiger partial charge in [0.1, 0.15) is 5.76 Å². The smallest absolute Gasteiger partial charge is 0.373 e. The molecule has 0 spiro atoms. The van der Waals surface area contributed by atoms with Crippen LogP contribution in [0.3, 0.4) is 0 Å². The first-order chi connectivity index (χ1) is 7.79. The Morgan fingerprint density at radius 1 is 1.56 bits per heavy atom. The van der Waals surface area contributed by atoms with Gasteiger partial charge in [-0.3, -0.25) is 0 Å². The van der Waals surface area contributed by atoms with Crippen LogP contribution >= 0.6 is 0 Å². The molecule has 1 heterocycles. The number of hydrogen-bond acceptors (Lipinski definition) is 4. The largest absolute Gasteiger partial charge is 0.463 e. The number of rotatable bonds is 6. The van der Waals surface area contributed by atoms with Gasteiger partial charge in [-0.15, -0.1) is 0 Å². The van der Waals surface area contributed by atoms with Crippen molar-refractivity contribution in [2.45, 2.75) is 25.8 Å². The molecular formula is C12H17NO3. The van der Waals surface area contributed by atoms with Crippen molar-refractivity contribution in [2.75, 3.05) is 13.7 Å². The summed E-state index contributed by atoms with van der Waals surface area (Å²) in [6, 6.07) is 3.44. The van der Waals surface area contributed by atoms with E-state index in [1.165, 1.54) is 26.4 Å². The Labute approximate surface area is 95.0 Å². The van der Waals surface area contributed by atoms with Crippen molar-refractivity contribution in [3.63, 3.8) is 0 Å². The quantitative estimate of drug-likeness (QED) is 0.591. The summed E-state index contributed by atoms with van der Waals surface area (Å²) in [6.07, 6.45) is 4.01. The minimum atomic E-state index is -0.427. The van der Waals surface area contributed by atoms with Gasteiger partial charge in [-0.25, -0.2) is 4.79 Å². The molecule has 0 atom stereocenters. The van der Waals surface area contributed by atoms with Crippen LogP contribution in [0, 0.1) is 5.92 Å². The lowest BCUT2D eigenvalue weighted by molar-refractivity contribution is 0.0563. The minimum absolute atomic E-state index is 0.265. The third-order valence-corrected chi connectivity index (χ3v) is 2.77. The topological polar surface area (TPSA) is 51.5 Å². The summed E-state index contributed by atoms with van der Waals surface area (Å²) < 4.78 is 9.88. The number of ether oxygens (including phenoxy) is 1. The van der Waals surface area contributed by atoms with Crippen LogP contribution in [-0.4, -0.2) is 19.6 Å². The van der Waals surface area contributed by atoms with E-state index in [9.17, 15) is 4.79 Å². The average Bonchev–Trinajstić information content (AvgIpc) is 3.01. The van der Waals surface area contributed by atoms with Gasteiger partial charge in [-0.2, -0.15) is 0 Å². The predicted molar refractivity (Wildman–Crippen MR) is 59.1 cm³/mol. The summed E-state index contributed by atoms with van der Waals surface area (Å²) in [5.41, 5.74) is 0. The lowest BCUT2D eigenvalue weighted by Gasteiger charge is -2.00. The highest BCUT2D eigenvalue weighted by Gasteiger charge is 2.20. The van der Waals surface area contributed by atoms with Crippen LogP contribution < -0.4 is 5.32 Å². The SMILES string of the molecule is COC(=O)c1ccc(CNCCC2CC2)o1. The van der Waals surface area contributed by atoms with Crippen molar-refractivity contribution < 1.29 is 13.9 Å². The fourth-order valence-corrected chi connectivity index (χ4v) is 1.61. The highest BCUT2D eigenvalue weighted by Crippen LogP contribution is 2.31. The van der Waals surface area contributed by atoms with Crippen molar-refractivity contribution in [2.24, 2.45) is 5.92 Å². The van der Waals surface area contributed by atoms with Crippen molar-refractivity contribution in [1.82, 2.24) is 5.32 Å². The zero-order valence-corrected chi connectivity index (χ0v) is 9.49. The van der Waals surface area contributed by atoms with E-state index in [1.54, 1.807) is 12.1 Å². The summed E-state index contributed by atoms with van der Waals surface area (Å²) in [5, 5.41) is 3.30. The maximum absolute atomic E-state index is 11.1. The van der Waals surface area contributed by atoms with Crippen LogP contribution in [0.5, 0.6) is 0 Å². The molecule has 1 fully saturated rings. The zero-order valence-electron chi connectivity index (χ0n) is 9.49. The van der Waals surface area contributed by atoms with Crippen LogP contribution in [0.1, 0.15) is 35.6 Å². The molecule has 0 radical (unpaired) electrons. The van der Waals surface area contributed by atoms with Crippen LogP contribution in [-0.2, 0) is 11.3 Å². The van der Waals surface area contributed by atoms with Crippen molar-refractivity contribution in [1.29, 1.82) is 0 Å². The molecular weight excluding hydrogens is 206 g/mol. The van der Waals surface area contributed by atoms with Gasteiger partial charge in [0, 0.05) is 0 Å². The number of carbonyl (C=O) groups is 1. The molecule has 1 N–H and O–H groups in total. The average molecular weight is 223 g/mol. The molecule has 1 aromatic heterocycles. The van der Waals surface area contributed by atoms with E-state index in [-0.39, 0.29) is 5.76 Å². The van der Waals surface area contributed by atoms with E-state index in [2.05, 4.69) is 10.1 Å². The van der Waals surface area contributed by atoms with Crippen molar-refractivity contribution in [3.8, 4) is 0 Å². The normalized spacial score (nSPS) is 15.1. The number of carbonyl (C=O) groups excluding carboxylic acids is 1. The first-order valence-electron chi connectivity index (χ1n) is 5.67. The Bertz CT molecular complexity index is 355. The van der Waals surface area contributed by atoms with Gasteiger partial charge in [0.15, 0.2) is 0 Å². The highest BCUT2D eigenvalue weighted by molar-refractivity contribution is 5.86. The molecule has 1 aromatic rings. The molecule has 0 amide bonds. The van der Waals surface area contributed by atoms with Gasteiger partial charge in [-0.05, 0) is 31.0 Å². The molecule has 1 aliphatic carbocycles. The van der Waals surface area contributed by atoms with E-state index < -0.39 is 5.97 Å². The molecule has 1 saturated carbocycles. The second kappa shape index (κ2) is 5.16. The Balaban J connectivity index is 1.71. The second-order valence-corrected chi connectivity index (χ2v) is 4.17. The number of furan rings is 1. The van der Waals surface area contributed by atoms with E-state index in [1.807, 2.05) is 0 Å². The van der Waals surface area contributed by atoms with Crippen LogP contribution in [0.15, 0.2) is 16.5 Å². The number of hydrogen-bond donors (Lipinski definition) is 1. The minimum Gasteiger partial charge on any atom is -0.463 e. The van der Waals surface area contributed by atoms with Gasteiger partial charge in [0.25, 0.3) is 0 Å². The van der Waals surface area contributed by atoms with Gasteiger partial charge in [0.2, 0.25) is 5.76 Å². The number of nitrogens with one attached hydrogen (secondary N) is 1.